The summed E-state index contributed by atoms with van der Waals surface area (Å²) >= 11 is 0. The van der Waals surface area contributed by atoms with Crippen LogP contribution in [0.15, 0.2) is 35.2 Å². The van der Waals surface area contributed by atoms with E-state index in [4.69, 9.17) is 14.7 Å². The van der Waals surface area contributed by atoms with Crippen LogP contribution >= 0.6 is 23.2 Å². The van der Waals surface area contributed by atoms with Gasteiger partial charge in [0.15, 0.2) is 0 Å². The minimum Gasteiger partial charge on any atom is -0.321 e. The maximum Gasteiger partial charge on any atom is 0.488 e. The summed E-state index contributed by atoms with van der Waals surface area (Å²) in [6.07, 6.45) is 6.20. The van der Waals surface area contributed by atoms with E-state index < -0.39 is 23.2 Å². The zero-order valence-corrected chi connectivity index (χ0v) is 15.6. The fraction of sp³-hybridized carbons (Fsp3) is 0.455. The third kappa shape index (κ3) is 13.8. The van der Waals surface area contributed by atoms with Crippen molar-refractivity contribution in [1.82, 2.24) is 0 Å². The van der Waals surface area contributed by atoms with Gasteiger partial charge < -0.3 is 19.6 Å². The Morgan fingerprint density at radius 1 is 1.00 bits per heavy atom. The van der Waals surface area contributed by atoms with Gasteiger partial charge in [0.2, 0.25) is 0 Å². The van der Waals surface area contributed by atoms with Crippen LogP contribution in [0.5, 0.6) is 0 Å². The molecule has 0 rings (SSSR count). The molecule has 0 radical (unpaired) electrons. The first-order chi connectivity index (χ1) is 10.2. The van der Waals surface area contributed by atoms with Gasteiger partial charge in [-0.25, -0.2) is 13.4 Å². The second-order valence-corrected chi connectivity index (χ2v) is 9.51. The van der Waals surface area contributed by atoms with Gasteiger partial charge in [-0.2, -0.15) is 4.31 Å². The lowest BCUT2D eigenvalue weighted by molar-refractivity contribution is 0.224. The number of rotatable bonds is 9. The summed E-state index contributed by atoms with van der Waals surface area (Å²) in [7, 11) is -15.4. The second-order valence-electron chi connectivity index (χ2n) is 4.86. The van der Waals surface area contributed by atoms with Crippen molar-refractivity contribution in [1.29, 1.82) is 0 Å². The molecule has 0 aliphatic carbocycles. The van der Waals surface area contributed by atoms with Crippen LogP contribution in [-0.2, 0) is 22.3 Å². The van der Waals surface area contributed by atoms with E-state index in [0.29, 0.717) is 12.2 Å². The number of allylic oxidation sites excluding steroid dienone is 5. The highest BCUT2D eigenvalue weighted by Gasteiger charge is 2.38. The summed E-state index contributed by atoms with van der Waals surface area (Å²) in [5.41, 5.74) is 2.06. The van der Waals surface area contributed by atoms with E-state index in [2.05, 4.69) is 8.62 Å². The van der Waals surface area contributed by atoms with Crippen molar-refractivity contribution >= 4 is 23.2 Å². The molecule has 0 aliphatic rings. The van der Waals surface area contributed by atoms with Crippen molar-refractivity contribution in [3.8, 4) is 0 Å². The number of phosphoric acid groups is 2. The fourth-order valence-corrected chi connectivity index (χ4v) is 4.48. The average Bonchev–Trinajstić information content (AvgIpc) is 2.22. The lowest BCUT2D eigenvalue weighted by atomic mass is 10.1. The Bertz CT molecular complexity index is 625. The molecule has 2 unspecified atom stereocenters. The van der Waals surface area contributed by atoms with Gasteiger partial charge in [0.1, 0.15) is 0 Å². The predicted molar refractivity (Wildman–Crippen MR) is 85.4 cm³/mol. The van der Waals surface area contributed by atoms with Crippen molar-refractivity contribution in [2.45, 2.75) is 33.6 Å². The maximum absolute atomic E-state index is 11.5. The third-order valence-corrected chi connectivity index (χ3v) is 6.16. The summed E-state index contributed by atoms with van der Waals surface area (Å²) in [6, 6.07) is 0. The molecule has 0 aromatic carbocycles. The van der Waals surface area contributed by atoms with Crippen molar-refractivity contribution < 1.29 is 41.9 Å². The van der Waals surface area contributed by atoms with E-state index in [-0.39, 0.29) is 0 Å². The van der Waals surface area contributed by atoms with Crippen molar-refractivity contribution in [3.63, 3.8) is 0 Å². The Balaban J connectivity index is 4.73. The molecular weight excluding hydrogens is 369 g/mol. The Morgan fingerprint density at radius 3 is 2.04 bits per heavy atom. The minimum absolute atomic E-state index is 0.614. The van der Waals surface area contributed by atoms with E-state index in [9.17, 15) is 18.6 Å². The molecule has 0 bridgehead atoms. The molecule has 0 aliphatic heterocycles. The highest BCUT2D eigenvalue weighted by molar-refractivity contribution is 7.69. The molecule has 2 atom stereocenters. The lowest BCUT2D eigenvalue weighted by Crippen LogP contribution is -1.91. The molecule has 0 aromatic heterocycles. The van der Waals surface area contributed by atoms with Crippen molar-refractivity contribution in [2.24, 2.45) is 0 Å². The van der Waals surface area contributed by atoms with Crippen LogP contribution in [0.4, 0.5) is 0 Å². The third-order valence-electron chi connectivity index (χ3n) is 2.18. The summed E-state index contributed by atoms with van der Waals surface area (Å²) < 4.78 is 40.5. The molecular formula is C11H21O9P3. The monoisotopic (exact) mass is 390 g/mol. The van der Waals surface area contributed by atoms with Gasteiger partial charge in [0.25, 0.3) is 0 Å². The highest BCUT2D eigenvalue weighted by Crippen LogP contribution is 2.66. The van der Waals surface area contributed by atoms with Crippen LogP contribution in [0, 0.1) is 0 Å². The fourth-order valence-electron chi connectivity index (χ4n) is 1.31. The predicted octanol–water partition coefficient (Wildman–Crippen LogP) is 3.60. The Hall–Kier alpha value is -0.330. The smallest absolute Gasteiger partial charge is 0.321 e. The summed E-state index contributed by atoms with van der Waals surface area (Å²) in [4.78, 5) is 35.1. The van der Waals surface area contributed by atoms with Crippen LogP contribution in [0.1, 0.15) is 33.6 Å². The van der Waals surface area contributed by atoms with Crippen LogP contribution < -0.4 is 0 Å². The maximum atomic E-state index is 11.5. The largest absolute Gasteiger partial charge is 0.488 e. The number of hydrogen-bond acceptors (Lipinski definition) is 5. The van der Waals surface area contributed by atoms with Crippen LogP contribution in [-0.4, -0.2) is 19.6 Å². The molecule has 0 saturated carbocycles. The molecule has 134 valence electrons. The summed E-state index contributed by atoms with van der Waals surface area (Å²) in [5, 5.41) is 0. The molecule has 4 N–H and O–H groups in total. The molecule has 0 spiro atoms. The SMILES string of the molecule is CC(C)=CCC/C(C)=C/C=C/P(=O)(O)OP(=O)(O)OP(=O)(O)O. The van der Waals surface area contributed by atoms with Gasteiger partial charge in [-0.05, 0) is 33.6 Å². The van der Waals surface area contributed by atoms with Crippen LogP contribution in [0.25, 0.3) is 0 Å². The zero-order valence-electron chi connectivity index (χ0n) is 12.9. The normalized spacial score (nSPS) is 18.5. The summed E-state index contributed by atoms with van der Waals surface area (Å²) in [6.45, 7) is 5.72. The average molecular weight is 390 g/mol. The Kier molecular flexibility index (Phi) is 9.10. The van der Waals surface area contributed by atoms with Crippen molar-refractivity contribution in [3.05, 3.63) is 35.2 Å². The molecule has 0 amide bonds. The minimum atomic E-state index is -5.38. The van der Waals surface area contributed by atoms with E-state index in [1.54, 1.807) is 6.92 Å². The van der Waals surface area contributed by atoms with Gasteiger partial charge in [-0.15, -0.1) is 0 Å². The van der Waals surface area contributed by atoms with Gasteiger partial charge in [-0.3, -0.25) is 4.57 Å². The van der Waals surface area contributed by atoms with Gasteiger partial charge >= 0.3 is 23.2 Å². The van der Waals surface area contributed by atoms with E-state index >= 15 is 0 Å². The first-order valence-corrected chi connectivity index (χ1v) is 11.0. The molecule has 0 fully saturated rings. The first-order valence-electron chi connectivity index (χ1n) is 6.34. The standard InChI is InChI=1S/C11H21O9P3/c1-10(2)6-4-7-11(3)8-5-9-21(12,13)19-23(17,18)20-22(14,15)16/h5-6,8-9H,4,7H2,1-3H3,(H,12,13)(H,17,18)(H2,14,15,16)/b9-5+,11-8+. The van der Waals surface area contributed by atoms with Crippen molar-refractivity contribution in [2.75, 3.05) is 0 Å². The topological polar surface area (TPSA) is 151 Å². The van der Waals surface area contributed by atoms with Crippen LogP contribution in [0.3, 0.4) is 0 Å². The highest BCUT2D eigenvalue weighted by atomic mass is 31.3. The lowest BCUT2D eigenvalue weighted by Gasteiger charge is -2.13. The number of hydrogen-bond donors (Lipinski definition) is 4. The Morgan fingerprint density at radius 2 is 1.57 bits per heavy atom. The van der Waals surface area contributed by atoms with Gasteiger partial charge in [0.05, 0.1) is 0 Å². The molecule has 0 aromatic rings. The van der Waals surface area contributed by atoms with E-state index in [1.807, 2.05) is 19.9 Å². The zero-order chi connectivity index (χ0) is 18.3. The van der Waals surface area contributed by atoms with E-state index in [0.717, 1.165) is 18.1 Å². The van der Waals surface area contributed by atoms with Crippen LogP contribution in [0.2, 0.25) is 0 Å². The molecule has 9 nitrogen and oxygen atoms in total. The van der Waals surface area contributed by atoms with Gasteiger partial charge in [0, 0.05) is 5.82 Å². The van der Waals surface area contributed by atoms with E-state index in [1.165, 1.54) is 11.6 Å². The quantitative estimate of drug-likeness (QED) is 0.263. The first kappa shape index (κ1) is 22.7. The molecule has 0 saturated heterocycles. The Labute approximate surface area is 134 Å². The van der Waals surface area contributed by atoms with Gasteiger partial charge in [-0.1, -0.05) is 29.4 Å². The summed E-state index contributed by atoms with van der Waals surface area (Å²) in [5.74, 6) is 0.614. The molecule has 0 heterocycles. The second kappa shape index (κ2) is 9.23. The molecule has 23 heavy (non-hydrogen) atoms. The molecule has 12 heteroatoms.